The van der Waals surface area contributed by atoms with Gasteiger partial charge in [0.25, 0.3) is 11.6 Å². The molecule has 2 heterocycles. The summed E-state index contributed by atoms with van der Waals surface area (Å²) < 4.78 is 40.0. The first kappa shape index (κ1) is 22.7. The Balaban J connectivity index is 1.96. The van der Waals surface area contributed by atoms with Crippen molar-refractivity contribution >= 4 is 17.4 Å². The molecule has 0 atom stereocenters. The monoisotopic (exact) mass is 433 g/mol. The highest BCUT2D eigenvalue weighted by Crippen LogP contribution is 2.33. The smallest absolute Gasteiger partial charge is 0.325 e. The normalized spacial score (nSPS) is 12.2. The van der Waals surface area contributed by atoms with Crippen LogP contribution in [0.4, 0.5) is 18.9 Å². The Morgan fingerprint density at radius 2 is 1.65 bits per heavy atom. The molecule has 0 bridgehead atoms. The quantitative estimate of drug-likeness (QED) is 0.601. The van der Waals surface area contributed by atoms with E-state index < -0.39 is 12.0 Å². The van der Waals surface area contributed by atoms with E-state index in [1.165, 1.54) is 0 Å². The molecule has 9 heteroatoms. The van der Waals surface area contributed by atoms with E-state index in [2.05, 4.69) is 48.1 Å². The Morgan fingerprint density at radius 1 is 1.06 bits per heavy atom. The number of anilines is 1. The van der Waals surface area contributed by atoms with Crippen molar-refractivity contribution < 1.29 is 18.0 Å². The number of nitrogens with zero attached hydrogens (tertiary/aromatic N) is 4. The van der Waals surface area contributed by atoms with Gasteiger partial charge in [-0.15, -0.1) is 5.10 Å². The molecular formula is C22H26F3N5O. The SMILES string of the molecule is Cc1nc2nc(C(F)(F)F)nn2c(C)c1CC(=O)Nc1c(C(C)C)cccc1C(C)C. The summed E-state index contributed by atoms with van der Waals surface area (Å²) in [5, 5.41) is 6.57. The first-order valence-electron chi connectivity index (χ1n) is 10.1. The van der Waals surface area contributed by atoms with Gasteiger partial charge in [-0.1, -0.05) is 45.9 Å². The molecule has 0 unspecified atom stereocenters. The van der Waals surface area contributed by atoms with Crippen molar-refractivity contribution in [3.63, 3.8) is 0 Å². The maximum atomic E-state index is 13.0. The number of carbonyl (C=O) groups excluding carboxylic acids is 1. The van der Waals surface area contributed by atoms with Gasteiger partial charge in [0.2, 0.25) is 5.91 Å². The second kappa shape index (κ2) is 8.28. The van der Waals surface area contributed by atoms with Crippen molar-refractivity contribution in [2.75, 3.05) is 5.32 Å². The number of para-hydroxylation sites is 1. The molecule has 1 aromatic carbocycles. The van der Waals surface area contributed by atoms with E-state index in [4.69, 9.17) is 0 Å². The van der Waals surface area contributed by atoms with Crippen LogP contribution in [0.1, 0.15) is 73.4 Å². The van der Waals surface area contributed by atoms with E-state index in [9.17, 15) is 18.0 Å². The molecule has 0 fully saturated rings. The number of hydrogen-bond donors (Lipinski definition) is 1. The molecule has 0 radical (unpaired) electrons. The molecule has 1 N–H and O–H groups in total. The van der Waals surface area contributed by atoms with Crippen molar-refractivity contribution in [3.8, 4) is 0 Å². The minimum absolute atomic E-state index is 0.0359. The molecule has 0 spiro atoms. The largest absolute Gasteiger partial charge is 0.453 e. The van der Waals surface area contributed by atoms with Gasteiger partial charge in [0.15, 0.2) is 0 Å². The number of aromatic nitrogens is 4. The third kappa shape index (κ3) is 4.55. The first-order chi connectivity index (χ1) is 14.4. The topological polar surface area (TPSA) is 72.2 Å². The summed E-state index contributed by atoms with van der Waals surface area (Å²) in [4.78, 5) is 20.6. The number of halogens is 3. The molecule has 6 nitrogen and oxygen atoms in total. The Hall–Kier alpha value is -2.97. The van der Waals surface area contributed by atoms with E-state index >= 15 is 0 Å². The molecule has 0 aliphatic heterocycles. The van der Waals surface area contributed by atoms with Crippen LogP contribution in [0, 0.1) is 13.8 Å². The van der Waals surface area contributed by atoms with Crippen LogP contribution in [0.15, 0.2) is 18.2 Å². The first-order valence-corrected chi connectivity index (χ1v) is 10.1. The molecule has 0 saturated carbocycles. The second-order valence-electron chi connectivity index (χ2n) is 8.25. The molecule has 0 aliphatic carbocycles. The second-order valence-corrected chi connectivity index (χ2v) is 8.25. The molecule has 0 aliphatic rings. The summed E-state index contributed by atoms with van der Waals surface area (Å²) in [6.07, 6.45) is -4.70. The number of alkyl halides is 3. The van der Waals surface area contributed by atoms with Crippen LogP contribution in [0.3, 0.4) is 0 Å². The number of hydrogen-bond acceptors (Lipinski definition) is 4. The van der Waals surface area contributed by atoms with E-state index in [0.29, 0.717) is 17.0 Å². The fraction of sp³-hybridized carbons (Fsp3) is 0.455. The number of amides is 1. The lowest BCUT2D eigenvalue weighted by Crippen LogP contribution is -2.20. The summed E-state index contributed by atoms with van der Waals surface area (Å²) in [6, 6.07) is 5.96. The molecule has 1 amide bonds. The van der Waals surface area contributed by atoms with Crippen molar-refractivity contribution in [1.29, 1.82) is 0 Å². The Kier molecular flexibility index (Phi) is 6.07. The number of carbonyl (C=O) groups is 1. The van der Waals surface area contributed by atoms with Crippen LogP contribution in [-0.2, 0) is 17.4 Å². The van der Waals surface area contributed by atoms with Crippen molar-refractivity contribution in [1.82, 2.24) is 19.6 Å². The van der Waals surface area contributed by atoms with Gasteiger partial charge in [-0.05, 0) is 36.8 Å². The van der Waals surface area contributed by atoms with Crippen LogP contribution in [0.5, 0.6) is 0 Å². The molecule has 3 aromatic rings. The number of benzene rings is 1. The summed E-state index contributed by atoms with van der Waals surface area (Å²) in [6.45, 7) is 11.5. The Labute approximate surface area is 178 Å². The number of fused-ring (bicyclic) bond motifs is 1. The maximum Gasteiger partial charge on any atom is 0.453 e. The lowest BCUT2D eigenvalue weighted by atomic mass is 9.92. The fourth-order valence-electron chi connectivity index (χ4n) is 3.62. The highest BCUT2D eigenvalue weighted by molar-refractivity contribution is 5.94. The third-order valence-electron chi connectivity index (χ3n) is 5.28. The van der Waals surface area contributed by atoms with Crippen LogP contribution >= 0.6 is 0 Å². The van der Waals surface area contributed by atoms with Crippen LogP contribution < -0.4 is 5.32 Å². The highest BCUT2D eigenvalue weighted by Gasteiger charge is 2.37. The van der Waals surface area contributed by atoms with Gasteiger partial charge in [-0.25, -0.2) is 9.50 Å². The molecule has 166 valence electrons. The summed E-state index contributed by atoms with van der Waals surface area (Å²) in [5.41, 5.74) is 4.24. The molecule has 3 rings (SSSR count). The summed E-state index contributed by atoms with van der Waals surface area (Å²) >= 11 is 0. The minimum atomic E-state index is -4.67. The zero-order valence-corrected chi connectivity index (χ0v) is 18.4. The zero-order chi connectivity index (χ0) is 23.1. The number of aryl methyl sites for hydroxylation is 2. The summed E-state index contributed by atoms with van der Waals surface area (Å²) in [5.74, 6) is -1.23. The zero-order valence-electron chi connectivity index (χ0n) is 18.4. The van der Waals surface area contributed by atoms with Gasteiger partial charge in [0.1, 0.15) is 0 Å². The highest BCUT2D eigenvalue weighted by atomic mass is 19.4. The lowest BCUT2D eigenvalue weighted by Gasteiger charge is -2.20. The van der Waals surface area contributed by atoms with Crippen molar-refractivity contribution in [3.05, 3.63) is 52.1 Å². The molecular weight excluding hydrogens is 407 g/mol. The van der Waals surface area contributed by atoms with Crippen molar-refractivity contribution in [2.45, 2.75) is 66.0 Å². The van der Waals surface area contributed by atoms with Crippen LogP contribution in [-0.4, -0.2) is 25.5 Å². The van der Waals surface area contributed by atoms with Gasteiger partial charge >= 0.3 is 6.18 Å². The Morgan fingerprint density at radius 3 is 2.16 bits per heavy atom. The molecule has 0 saturated heterocycles. The van der Waals surface area contributed by atoms with E-state index in [-0.39, 0.29) is 29.9 Å². The van der Waals surface area contributed by atoms with E-state index in [1.807, 2.05) is 18.2 Å². The van der Waals surface area contributed by atoms with Crippen LogP contribution in [0.25, 0.3) is 5.78 Å². The molecule has 31 heavy (non-hydrogen) atoms. The van der Waals surface area contributed by atoms with E-state index in [1.54, 1.807) is 13.8 Å². The van der Waals surface area contributed by atoms with Crippen LogP contribution in [0.2, 0.25) is 0 Å². The average molecular weight is 433 g/mol. The van der Waals surface area contributed by atoms with Gasteiger partial charge in [0.05, 0.1) is 6.42 Å². The van der Waals surface area contributed by atoms with Crippen molar-refractivity contribution in [2.24, 2.45) is 0 Å². The van der Waals surface area contributed by atoms with Gasteiger partial charge in [-0.2, -0.15) is 18.2 Å². The van der Waals surface area contributed by atoms with Gasteiger partial charge in [0, 0.05) is 22.6 Å². The predicted molar refractivity (Wildman–Crippen MR) is 112 cm³/mol. The van der Waals surface area contributed by atoms with Gasteiger partial charge < -0.3 is 5.32 Å². The average Bonchev–Trinajstić information content (AvgIpc) is 3.09. The van der Waals surface area contributed by atoms with E-state index in [0.717, 1.165) is 21.3 Å². The third-order valence-corrected chi connectivity index (χ3v) is 5.28. The maximum absolute atomic E-state index is 13.0. The lowest BCUT2D eigenvalue weighted by molar-refractivity contribution is -0.144. The Bertz CT molecular complexity index is 1110. The number of rotatable bonds is 5. The summed E-state index contributed by atoms with van der Waals surface area (Å²) in [7, 11) is 0. The standard InChI is InChI=1S/C22H26F3N5O/c1-11(2)15-8-7-9-16(12(3)4)19(15)27-18(31)10-17-13(5)26-21-28-20(22(23,24)25)29-30(21)14(17)6/h7-9,11-12H,10H2,1-6H3,(H,27,31). The molecule has 2 aromatic heterocycles. The number of nitrogens with one attached hydrogen (secondary N) is 1. The predicted octanol–water partition coefficient (Wildman–Crippen LogP) is 5.19. The van der Waals surface area contributed by atoms with Gasteiger partial charge in [-0.3, -0.25) is 4.79 Å². The minimum Gasteiger partial charge on any atom is -0.325 e. The fourth-order valence-corrected chi connectivity index (χ4v) is 3.62.